The molecule has 6 nitrogen and oxygen atoms in total. The lowest BCUT2D eigenvalue weighted by Gasteiger charge is -2.15. The summed E-state index contributed by atoms with van der Waals surface area (Å²) in [7, 11) is 1.45. The van der Waals surface area contributed by atoms with Crippen molar-refractivity contribution in [1.29, 1.82) is 0 Å². The van der Waals surface area contributed by atoms with Crippen LogP contribution in [-0.2, 0) is 0 Å². The Bertz CT molecular complexity index is 1070. The number of benzene rings is 2. The van der Waals surface area contributed by atoms with E-state index in [9.17, 15) is 9.50 Å². The van der Waals surface area contributed by atoms with Crippen LogP contribution >= 0.6 is 11.6 Å². The number of halogens is 2. The molecule has 0 saturated heterocycles. The molecule has 1 fully saturated rings. The third kappa shape index (κ3) is 9.10. The quantitative estimate of drug-likeness (QED) is 0.305. The van der Waals surface area contributed by atoms with Gasteiger partial charge in [0.25, 0.3) is 0 Å². The number of rotatable bonds is 6. The number of fused-ring (bicyclic) bond motifs is 1. The Morgan fingerprint density at radius 3 is 2.44 bits per heavy atom. The number of aromatic nitrogens is 2. The first-order valence-electron chi connectivity index (χ1n) is 12.7. The number of aliphatic hydroxyl groups is 1. The van der Waals surface area contributed by atoms with Crippen LogP contribution in [0.1, 0.15) is 72.1 Å². The number of nitrogens with zero attached hydrogens (tertiary/aromatic N) is 2. The minimum Gasteiger partial charge on any atom is -0.504 e. The molecule has 0 aliphatic heterocycles. The third-order valence-electron chi connectivity index (χ3n) is 6.13. The fraction of sp³-hybridized carbons (Fsp3) is 0.500. The van der Waals surface area contributed by atoms with E-state index in [1.165, 1.54) is 57.7 Å². The normalized spacial score (nSPS) is 14.2. The van der Waals surface area contributed by atoms with Gasteiger partial charge < -0.3 is 20.3 Å². The van der Waals surface area contributed by atoms with Gasteiger partial charge in [-0.1, -0.05) is 77.0 Å². The number of hydrogen-bond acceptors (Lipinski definition) is 6. The van der Waals surface area contributed by atoms with Gasteiger partial charge in [-0.15, -0.1) is 0 Å². The van der Waals surface area contributed by atoms with E-state index in [1.54, 1.807) is 18.2 Å². The fourth-order valence-corrected chi connectivity index (χ4v) is 4.08. The molecule has 1 aromatic heterocycles. The van der Waals surface area contributed by atoms with Crippen molar-refractivity contribution in [3.63, 3.8) is 0 Å². The molecule has 36 heavy (non-hydrogen) atoms. The summed E-state index contributed by atoms with van der Waals surface area (Å²) in [5, 5.41) is 22.1. The predicted molar refractivity (Wildman–Crippen MR) is 146 cm³/mol. The molecule has 1 heterocycles. The third-order valence-corrected chi connectivity index (χ3v) is 6.42. The smallest absolute Gasteiger partial charge is 0.165 e. The number of nitrogens with one attached hydrogen (secondary N) is 1. The number of phenols is 1. The molecule has 0 spiro atoms. The van der Waals surface area contributed by atoms with Crippen LogP contribution in [-0.4, -0.2) is 33.4 Å². The molecule has 1 saturated carbocycles. The van der Waals surface area contributed by atoms with E-state index in [1.807, 2.05) is 6.92 Å². The second kappa shape index (κ2) is 15.5. The average Bonchev–Trinajstić information content (AvgIpc) is 2.88. The summed E-state index contributed by atoms with van der Waals surface area (Å²) in [6, 6.07) is 7.65. The van der Waals surface area contributed by atoms with Crippen molar-refractivity contribution in [2.45, 2.75) is 78.2 Å². The molecule has 0 amide bonds. The van der Waals surface area contributed by atoms with E-state index in [2.05, 4.69) is 29.1 Å². The van der Waals surface area contributed by atoms with Gasteiger partial charge >= 0.3 is 0 Å². The van der Waals surface area contributed by atoms with Crippen LogP contribution in [0.3, 0.4) is 0 Å². The highest BCUT2D eigenvalue weighted by Gasteiger charge is 2.12. The molecule has 1 aliphatic rings. The molecule has 1 aliphatic carbocycles. The monoisotopic (exact) mass is 519 g/mol. The second-order valence-electron chi connectivity index (χ2n) is 9.08. The van der Waals surface area contributed by atoms with Gasteiger partial charge in [0.2, 0.25) is 0 Å². The lowest BCUT2D eigenvalue weighted by Crippen LogP contribution is -2.01. The van der Waals surface area contributed by atoms with Gasteiger partial charge in [0.1, 0.15) is 12.1 Å². The maximum absolute atomic E-state index is 14.0. The molecule has 1 unspecified atom stereocenters. The Morgan fingerprint density at radius 1 is 1.17 bits per heavy atom. The van der Waals surface area contributed by atoms with Gasteiger partial charge in [-0.3, -0.25) is 0 Å². The molecular formula is C28H39ClFN3O3. The largest absolute Gasteiger partial charge is 0.504 e. The molecule has 1 atom stereocenters. The standard InChI is InChI=1S/C15H11ClFN3O2.C7H14.C6H14O/c1-22-13-6-11-8(5-12(13)21)15(19-7-18-11)20-10-4-2-3-9(16)14(10)17;1-7-5-3-2-4-6-7;1-3-5-6(7)4-2/h2-7,21H,1H3,(H,18,19,20);7H,2-6H2,1H3;6-7H,3-5H2,1-2H3. The van der Waals surface area contributed by atoms with Crippen molar-refractivity contribution >= 4 is 34.0 Å². The van der Waals surface area contributed by atoms with Crippen molar-refractivity contribution in [1.82, 2.24) is 9.97 Å². The van der Waals surface area contributed by atoms with Crippen molar-refractivity contribution in [3.8, 4) is 11.5 Å². The van der Waals surface area contributed by atoms with E-state index in [0.717, 1.165) is 25.2 Å². The van der Waals surface area contributed by atoms with Crippen LogP contribution in [0, 0.1) is 11.7 Å². The van der Waals surface area contributed by atoms with Crippen molar-refractivity contribution in [2.24, 2.45) is 5.92 Å². The van der Waals surface area contributed by atoms with E-state index in [4.69, 9.17) is 21.4 Å². The SMILES string of the molecule is CC1CCCCC1.CCCC(O)CC.COc1cc2ncnc(Nc3cccc(Cl)c3F)c2cc1O. The molecule has 8 heteroatoms. The molecule has 0 bridgehead atoms. The van der Waals surface area contributed by atoms with Gasteiger partial charge in [0.05, 0.1) is 29.4 Å². The van der Waals surface area contributed by atoms with E-state index in [0.29, 0.717) is 22.5 Å². The molecule has 198 valence electrons. The number of hydrogen-bond donors (Lipinski definition) is 3. The Hall–Kier alpha value is -2.64. The molecule has 4 rings (SSSR count). The molecule has 3 N–H and O–H groups in total. The van der Waals surface area contributed by atoms with Crippen LogP contribution in [0.5, 0.6) is 11.5 Å². The summed E-state index contributed by atoms with van der Waals surface area (Å²) in [6.07, 6.45) is 11.7. The van der Waals surface area contributed by atoms with Crippen LogP contribution in [0.2, 0.25) is 5.02 Å². The van der Waals surface area contributed by atoms with Crippen LogP contribution in [0.4, 0.5) is 15.9 Å². The second-order valence-corrected chi connectivity index (χ2v) is 9.49. The summed E-state index contributed by atoms with van der Waals surface area (Å²) >= 11 is 5.76. The lowest BCUT2D eigenvalue weighted by molar-refractivity contribution is 0.159. The van der Waals surface area contributed by atoms with Crippen LogP contribution < -0.4 is 10.1 Å². The highest BCUT2D eigenvalue weighted by molar-refractivity contribution is 6.31. The molecule has 0 radical (unpaired) electrons. The summed E-state index contributed by atoms with van der Waals surface area (Å²) in [4.78, 5) is 8.20. The zero-order valence-electron chi connectivity index (χ0n) is 21.7. The van der Waals surface area contributed by atoms with Crippen molar-refractivity contribution in [3.05, 3.63) is 47.5 Å². The maximum Gasteiger partial charge on any atom is 0.165 e. The van der Waals surface area contributed by atoms with Crippen LogP contribution in [0.15, 0.2) is 36.7 Å². The Balaban J connectivity index is 0.000000267. The zero-order chi connectivity index (χ0) is 26.5. The predicted octanol–water partition coefficient (Wildman–Crippen LogP) is 8.02. The number of ether oxygens (including phenoxy) is 1. The van der Waals surface area contributed by atoms with Gasteiger partial charge in [-0.05, 0) is 37.0 Å². The van der Waals surface area contributed by atoms with Gasteiger partial charge in [-0.2, -0.15) is 0 Å². The number of anilines is 2. The summed E-state index contributed by atoms with van der Waals surface area (Å²) in [6.45, 7) is 6.44. The number of phenolic OH excluding ortho intramolecular Hbond substituents is 1. The van der Waals surface area contributed by atoms with Crippen molar-refractivity contribution < 1.29 is 19.3 Å². The zero-order valence-corrected chi connectivity index (χ0v) is 22.5. The fourth-order valence-electron chi connectivity index (χ4n) is 3.91. The Morgan fingerprint density at radius 2 is 1.89 bits per heavy atom. The first kappa shape index (κ1) is 29.6. The topological polar surface area (TPSA) is 87.5 Å². The van der Waals surface area contributed by atoms with E-state index >= 15 is 0 Å². The minimum absolute atomic E-state index is 0.00729. The highest BCUT2D eigenvalue weighted by atomic mass is 35.5. The first-order valence-corrected chi connectivity index (χ1v) is 13.1. The Kier molecular flexibility index (Phi) is 12.7. The number of aliphatic hydroxyl groups excluding tert-OH is 1. The van der Waals surface area contributed by atoms with Gasteiger partial charge in [-0.25, -0.2) is 14.4 Å². The van der Waals surface area contributed by atoms with E-state index in [-0.39, 0.29) is 22.6 Å². The van der Waals surface area contributed by atoms with Gasteiger partial charge in [0.15, 0.2) is 17.3 Å². The maximum atomic E-state index is 14.0. The first-order chi connectivity index (χ1) is 17.3. The van der Waals surface area contributed by atoms with Gasteiger partial charge in [0, 0.05) is 11.5 Å². The summed E-state index contributed by atoms with van der Waals surface area (Å²) in [5.74, 6) is 1.05. The molecule has 2 aromatic carbocycles. The highest BCUT2D eigenvalue weighted by Crippen LogP contribution is 2.34. The Labute approximate surface area is 218 Å². The minimum atomic E-state index is -0.575. The van der Waals surface area contributed by atoms with Crippen molar-refractivity contribution in [2.75, 3.05) is 12.4 Å². The molecular weight excluding hydrogens is 481 g/mol. The molecule has 3 aromatic rings. The summed E-state index contributed by atoms with van der Waals surface area (Å²) < 4.78 is 19.0. The average molecular weight is 520 g/mol. The van der Waals surface area contributed by atoms with Crippen LogP contribution in [0.25, 0.3) is 10.9 Å². The van der Waals surface area contributed by atoms with E-state index < -0.39 is 5.82 Å². The number of methoxy groups -OCH3 is 1. The number of aromatic hydroxyl groups is 1. The summed E-state index contributed by atoms with van der Waals surface area (Å²) in [5.41, 5.74) is 0.734. The lowest BCUT2D eigenvalue weighted by atomic mass is 9.91.